The molecule has 2 bridgehead atoms. The van der Waals surface area contributed by atoms with Crippen LogP contribution >= 0.6 is 11.6 Å². The summed E-state index contributed by atoms with van der Waals surface area (Å²) in [7, 11) is 1.54. The lowest BCUT2D eigenvalue weighted by atomic mass is 9.81. The van der Waals surface area contributed by atoms with E-state index < -0.39 is 12.6 Å². The third-order valence-corrected chi connectivity index (χ3v) is 9.41. The zero-order valence-electron chi connectivity index (χ0n) is 23.3. The number of pyridine rings is 1. The number of halogens is 1. The van der Waals surface area contributed by atoms with Gasteiger partial charge in [-0.3, -0.25) is 19.3 Å². The second kappa shape index (κ2) is 10.6. The Kier molecular flexibility index (Phi) is 6.73. The van der Waals surface area contributed by atoms with Gasteiger partial charge in [0.1, 0.15) is 5.75 Å². The number of carbonyl (C=O) groups is 4. The number of methoxy groups -OCH3 is 1. The maximum Gasteiger partial charge on any atom is 0.339 e. The molecular formula is C34H27ClN2O6. The Morgan fingerprint density at radius 1 is 0.930 bits per heavy atom. The number of anilines is 1. The van der Waals surface area contributed by atoms with E-state index in [0.717, 1.165) is 19.3 Å². The molecule has 7 rings (SSSR count). The largest absolute Gasteiger partial charge is 0.497 e. The van der Waals surface area contributed by atoms with Crippen LogP contribution in [-0.4, -0.2) is 42.3 Å². The highest BCUT2D eigenvalue weighted by molar-refractivity contribution is 6.35. The van der Waals surface area contributed by atoms with Gasteiger partial charge in [0.05, 0.1) is 46.4 Å². The summed E-state index contributed by atoms with van der Waals surface area (Å²) >= 11 is 6.48. The molecule has 1 aliphatic heterocycles. The van der Waals surface area contributed by atoms with Gasteiger partial charge in [-0.2, -0.15) is 0 Å². The highest BCUT2D eigenvalue weighted by atomic mass is 35.5. The van der Waals surface area contributed by atoms with E-state index >= 15 is 0 Å². The van der Waals surface area contributed by atoms with Crippen LogP contribution in [0.2, 0.25) is 5.02 Å². The Labute approximate surface area is 252 Å². The van der Waals surface area contributed by atoms with E-state index in [2.05, 4.69) is 0 Å². The Bertz CT molecular complexity index is 1770. The first-order valence-corrected chi connectivity index (χ1v) is 14.6. The molecule has 4 unspecified atom stereocenters. The van der Waals surface area contributed by atoms with Gasteiger partial charge < -0.3 is 9.47 Å². The van der Waals surface area contributed by atoms with E-state index in [0.29, 0.717) is 56.0 Å². The molecule has 2 aliphatic carbocycles. The van der Waals surface area contributed by atoms with Gasteiger partial charge in [-0.1, -0.05) is 35.9 Å². The van der Waals surface area contributed by atoms with Gasteiger partial charge in [0.25, 0.3) is 0 Å². The standard InChI is InChI=1S/C34H27ClN2O6/c1-42-23-13-9-19(10-14-23)28(38)17-43-34(41)25-16-27(36-31-24(25)3-2-4-26(31)35)18-7-11-22(12-8-18)37-32(39)29-20-5-6-21(15-20)30(29)33(37)40/h2-4,7-14,16,20-21,29-30H,5-6,15,17H2,1H3. The average molecular weight is 595 g/mol. The summed E-state index contributed by atoms with van der Waals surface area (Å²) in [5.41, 5.74) is 2.66. The van der Waals surface area contributed by atoms with Gasteiger partial charge >= 0.3 is 5.97 Å². The number of rotatable bonds is 7. The zero-order chi connectivity index (χ0) is 29.8. The molecular weight excluding hydrogens is 568 g/mol. The van der Waals surface area contributed by atoms with Crippen LogP contribution in [0.1, 0.15) is 40.0 Å². The van der Waals surface area contributed by atoms with Crippen LogP contribution in [0, 0.1) is 23.7 Å². The van der Waals surface area contributed by atoms with Crippen molar-refractivity contribution in [1.82, 2.24) is 4.98 Å². The second-order valence-electron chi connectivity index (χ2n) is 11.4. The Morgan fingerprint density at radius 3 is 2.26 bits per heavy atom. The number of imide groups is 1. The number of ether oxygens (including phenoxy) is 2. The Balaban J connectivity index is 1.15. The molecule has 3 fully saturated rings. The summed E-state index contributed by atoms with van der Waals surface area (Å²) < 4.78 is 10.6. The molecule has 216 valence electrons. The number of ketones is 1. The minimum absolute atomic E-state index is 0.0974. The highest BCUT2D eigenvalue weighted by Crippen LogP contribution is 2.56. The topological polar surface area (TPSA) is 103 Å². The fraction of sp³-hybridized carbons (Fsp3) is 0.265. The average Bonchev–Trinajstić information content (AvgIpc) is 3.73. The molecule has 43 heavy (non-hydrogen) atoms. The molecule has 4 aromatic rings. The van der Waals surface area contributed by atoms with Gasteiger partial charge in [-0.15, -0.1) is 0 Å². The van der Waals surface area contributed by atoms with Crippen molar-refractivity contribution < 1.29 is 28.7 Å². The van der Waals surface area contributed by atoms with Crippen LogP contribution in [0.5, 0.6) is 5.75 Å². The fourth-order valence-corrected chi connectivity index (χ4v) is 7.26. The summed E-state index contributed by atoms with van der Waals surface area (Å²) in [5.74, 6) is -0.392. The molecule has 4 atom stereocenters. The molecule has 3 aliphatic rings. The SMILES string of the molecule is COc1ccc(C(=O)COC(=O)c2cc(-c3ccc(N4C(=O)C5C6CCC(C6)C5C4=O)cc3)nc3c(Cl)cccc23)cc1. The van der Waals surface area contributed by atoms with Crippen LogP contribution < -0.4 is 9.64 Å². The summed E-state index contributed by atoms with van der Waals surface area (Å²) in [6.45, 7) is -0.443. The molecule has 2 heterocycles. The van der Waals surface area contributed by atoms with E-state index in [1.807, 2.05) is 0 Å². The second-order valence-corrected chi connectivity index (χ2v) is 11.8. The summed E-state index contributed by atoms with van der Waals surface area (Å²) in [6, 6.07) is 20.3. The number of carbonyl (C=O) groups excluding carboxylic acids is 4. The lowest BCUT2D eigenvalue weighted by Crippen LogP contribution is -2.32. The van der Waals surface area contributed by atoms with Crippen molar-refractivity contribution in [2.75, 3.05) is 18.6 Å². The summed E-state index contributed by atoms with van der Waals surface area (Å²) in [4.78, 5) is 58.6. The van der Waals surface area contributed by atoms with Crippen molar-refractivity contribution in [3.63, 3.8) is 0 Å². The minimum Gasteiger partial charge on any atom is -0.497 e. The number of amides is 2. The number of hydrogen-bond donors (Lipinski definition) is 0. The van der Waals surface area contributed by atoms with Gasteiger partial charge in [-0.05, 0) is 79.6 Å². The number of hydrogen-bond acceptors (Lipinski definition) is 7. The number of para-hydroxylation sites is 1. The first kappa shape index (κ1) is 27.3. The number of fused-ring (bicyclic) bond motifs is 6. The maximum atomic E-state index is 13.3. The maximum absolute atomic E-state index is 13.3. The van der Waals surface area contributed by atoms with Crippen molar-refractivity contribution in [2.45, 2.75) is 19.3 Å². The van der Waals surface area contributed by atoms with Crippen molar-refractivity contribution in [2.24, 2.45) is 23.7 Å². The van der Waals surface area contributed by atoms with Crippen LogP contribution in [0.3, 0.4) is 0 Å². The van der Waals surface area contributed by atoms with Gasteiger partial charge in [0.15, 0.2) is 12.4 Å². The number of Topliss-reactive ketones (excluding diaryl/α,β-unsaturated/α-hetero) is 1. The lowest BCUT2D eigenvalue weighted by Gasteiger charge is -2.19. The van der Waals surface area contributed by atoms with Crippen molar-refractivity contribution >= 4 is 51.8 Å². The van der Waals surface area contributed by atoms with Crippen LogP contribution in [0.4, 0.5) is 5.69 Å². The molecule has 0 N–H and O–H groups in total. The van der Waals surface area contributed by atoms with E-state index in [9.17, 15) is 19.2 Å². The minimum atomic E-state index is -0.691. The molecule has 1 aromatic heterocycles. The van der Waals surface area contributed by atoms with E-state index in [4.69, 9.17) is 26.1 Å². The van der Waals surface area contributed by atoms with Gasteiger partial charge in [0, 0.05) is 16.5 Å². The summed E-state index contributed by atoms with van der Waals surface area (Å²) in [6.07, 6.45) is 3.03. The number of esters is 1. The Morgan fingerprint density at radius 2 is 1.60 bits per heavy atom. The van der Waals surface area contributed by atoms with Gasteiger partial charge in [0.2, 0.25) is 11.8 Å². The number of nitrogens with zero attached hydrogens (tertiary/aromatic N) is 2. The first-order chi connectivity index (χ1) is 20.8. The Hall–Kier alpha value is -4.56. The van der Waals surface area contributed by atoms with Crippen molar-refractivity contribution in [1.29, 1.82) is 0 Å². The highest BCUT2D eigenvalue weighted by Gasteiger charge is 2.61. The van der Waals surface area contributed by atoms with E-state index in [1.165, 1.54) is 12.0 Å². The molecule has 2 saturated carbocycles. The number of benzene rings is 3. The van der Waals surface area contributed by atoms with Crippen molar-refractivity contribution in [3.05, 3.63) is 88.9 Å². The summed E-state index contributed by atoms with van der Waals surface area (Å²) in [5, 5.41) is 0.845. The van der Waals surface area contributed by atoms with Crippen molar-refractivity contribution in [3.8, 4) is 17.0 Å². The fourth-order valence-electron chi connectivity index (χ4n) is 7.04. The normalized spacial score (nSPS) is 22.2. The van der Waals surface area contributed by atoms with Crippen LogP contribution in [0.15, 0.2) is 72.8 Å². The molecule has 0 spiro atoms. The molecule has 1 saturated heterocycles. The predicted octanol–water partition coefficient (Wildman–Crippen LogP) is 6.14. The van der Waals surface area contributed by atoms with E-state index in [-0.39, 0.29) is 35.0 Å². The monoisotopic (exact) mass is 594 g/mol. The van der Waals surface area contributed by atoms with Crippen LogP contribution in [0.25, 0.3) is 22.2 Å². The predicted molar refractivity (Wildman–Crippen MR) is 160 cm³/mol. The molecule has 2 amide bonds. The molecule has 9 heteroatoms. The molecule has 8 nitrogen and oxygen atoms in total. The zero-order valence-corrected chi connectivity index (χ0v) is 24.0. The third kappa shape index (κ3) is 4.57. The van der Waals surface area contributed by atoms with Gasteiger partial charge in [-0.25, -0.2) is 9.78 Å². The quantitative estimate of drug-likeness (QED) is 0.144. The van der Waals surface area contributed by atoms with Crippen LogP contribution in [-0.2, 0) is 14.3 Å². The first-order valence-electron chi connectivity index (χ1n) is 14.3. The molecule has 3 aromatic carbocycles. The van der Waals surface area contributed by atoms with E-state index in [1.54, 1.807) is 72.8 Å². The third-order valence-electron chi connectivity index (χ3n) is 9.11. The molecule has 0 radical (unpaired) electrons. The lowest BCUT2D eigenvalue weighted by molar-refractivity contribution is -0.123. The smallest absolute Gasteiger partial charge is 0.339 e. The number of aromatic nitrogens is 1.